The molecule has 0 saturated heterocycles. The highest BCUT2D eigenvalue weighted by molar-refractivity contribution is 5.92. The van der Waals surface area contributed by atoms with Crippen molar-refractivity contribution in [2.75, 3.05) is 6.54 Å². The Morgan fingerprint density at radius 1 is 0.947 bits per heavy atom. The third-order valence-corrected chi connectivity index (χ3v) is 12.9. The second-order valence-electron chi connectivity index (χ2n) is 14.5. The first-order chi connectivity index (χ1) is 18.2. The molecule has 0 unspecified atom stereocenters. The maximum Gasteiger partial charge on any atom is 0.315 e. The van der Waals surface area contributed by atoms with E-state index >= 15 is 0 Å². The zero-order valence-corrected chi connectivity index (χ0v) is 23.8. The van der Waals surface area contributed by atoms with E-state index in [1.54, 1.807) is 6.08 Å². The minimum absolute atomic E-state index is 0.0328. The van der Waals surface area contributed by atoms with Gasteiger partial charge in [-0.2, -0.15) is 0 Å². The Balaban J connectivity index is 1.09. The van der Waals surface area contributed by atoms with Crippen molar-refractivity contribution in [2.45, 2.75) is 122 Å². The van der Waals surface area contributed by atoms with E-state index in [4.69, 9.17) is 0 Å². The Morgan fingerprint density at radius 3 is 2.53 bits per heavy atom. The van der Waals surface area contributed by atoms with Crippen molar-refractivity contribution in [3.8, 4) is 0 Å². The molecule has 0 aromatic heterocycles. The normalized spacial score (nSPS) is 45.0. The molecule has 0 aromatic rings. The predicted molar refractivity (Wildman–Crippen MR) is 150 cm³/mol. The van der Waals surface area contributed by atoms with Gasteiger partial charge in [-0.05, 0) is 117 Å². The molecule has 0 aliphatic heterocycles. The fourth-order valence-corrected chi connectivity index (χ4v) is 10.6. The minimum Gasteiger partial charge on any atom is -0.389 e. The molecule has 0 spiro atoms. The number of hydrogen-bond donors (Lipinski definition) is 3. The summed E-state index contributed by atoms with van der Waals surface area (Å²) < 4.78 is 0. The summed E-state index contributed by atoms with van der Waals surface area (Å²) in [6, 6.07) is 0.307. The molecule has 0 radical (unpaired) electrons. The van der Waals surface area contributed by atoms with Gasteiger partial charge in [-0.25, -0.2) is 4.79 Å². The van der Waals surface area contributed by atoms with Gasteiger partial charge in [0.1, 0.15) is 0 Å². The summed E-state index contributed by atoms with van der Waals surface area (Å²) in [5.41, 5.74) is 0.822. The SMILES string of the molecule is C[C@]12CC[C@H](NC(=O)NCC3CCCCC3)C[C@H]1CC[C@@H]1[C@@H]2CC[C@]2(C)[C@@H](C3=CCC(=O)C=C3)CC[C@]12O. The van der Waals surface area contributed by atoms with Crippen molar-refractivity contribution >= 4 is 11.8 Å². The van der Waals surface area contributed by atoms with Gasteiger partial charge in [0, 0.05) is 24.4 Å². The van der Waals surface area contributed by atoms with E-state index in [1.807, 2.05) is 6.08 Å². The standard InChI is InChI=1S/C33H50N2O3/c1-31-17-14-25(35-30(37)34-21-22-6-4-3-5-7-22)20-24(31)10-13-29-28(31)15-18-32(2)27(16-19-33(29,32)38)23-8-11-26(36)12-9-23/h8-9,11,22,24-25,27-29,38H,3-7,10,12-21H2,1-2H3,(H2,34,35,37)/t24-,25+,27-,28+,29-,31+,32-,33+/m1/s1. The molecule has 210 valence electrons. The molecule has 6 aliphatic carbocycles. The molecule has 0 heterocycles. The summed E-state index contributed by atoms with van der Waals surface area (Å²) in [6.07, 6.45) is 22.7. The average molecular weight is 523 g/mol. The topological polar surface area (TPSA) is 78.4 Å². The Morgan fingerprint density at radius 2 is 1.76 bits per heavy atom. The molecule has 5 heteroatoms. The van der Waals surface area contributed by atoms with Crippen LogP contribution in [0.15, 0.2) is 23.8 Å². The number of fused-ring (bicyclic) bond motifs is 5. The smallest absolute Gasteiger partial charge is 0.315 e. The number of carbonyl (C=O) groups is 2. The van der Waals surface area contributed by atoms with Crippen LogP contribution in [-0.2, 0) is 4.79 Å². The average Bonchev–Trinajstić information content (AvgIpc) is 3.20. The number of amides is 2. The quantitative estimate of drug-likeness (QED) is 0.396. The number of nitrogens with one attached hydrogen (secondary N) is 2. The summed E-state index contributed by atoms with van der Waals surface area (Å²) in [4.78, 5) is 24.5. The Bertz CT molecular complexity index is 998. The van der Waals surface area contributed by atoms with E-state index in [9.17, 15) is 14.7 Å². The van der Waals surface area contributed by atoms with Gasteiger partial charge in [0.15, 0.2) is 5.78 Å². The maximum atomic E-state index is 12.7. The van der Waals surface area contributed by atoms with Crippen LogP contribution in [0.3, 0.4) is 0 Å². The Hall–Kier alpha value is -1.62. The van der Waals surface area contributed by atoms with Crippen molar-refractivity contribution in [3.63, 3.8) is 0 Å². The van der Waals surface area contributed by atoms with Crippen LogP contribution in [0.25, 0.3) is 0 Å². The first-order valence-corrected chi connectivity index (χ1v) is 15.9. The number of rotatable bonds is 4. The first kappa shape index (κ1) is 26.6. The number of hydrogen-bond acceptors (Lipinski definition) is 3. The van der Waals surface area contributed by atoms with Crippen LogP contribution in [0, 0.1) is 40.4 Å². The van der Waals surface area contributed by atoms with Crippen LogP contribution in [0.1, 0.15) is 110 Å². The van der Waals surface area contributed by atoms with Crippen LogP contribution < -0.4 is 10.6 Å². The summed E-state index contributed by atoms with van der Waals surface area (Å²) >= 11 is 0. The van der Waals surface area contributed by atoms with Gasteiger partial charge < -0.3 is 15.7 Å². The Labute approximate surface area is 229 Å². The largest absolute Gasteiger partial charge is 0.389 e. The molecule has 5 nitrogen and oxygen atoms in total. The summed E-state index contributed by atoms with van der Waals surface area (Å²) in [5, 5.41) is 19.0. The zero-order valence-electron chi connectivity index (χ0n) is 23.8. The number of allylic oxidation sites excluding steroid dienone is 4. The van der Waals surface area contributed by atoms with E-state index in [1.165, 1.54) is 50.5 Å². The molecule has 38 heavy (non-hydrogen) atoms. The van der Waals surface area contributed by atoms with Crippen LogP contribution in [0.4, 0.5) is 4.79 Å². The second kappa shape index (κ2) is 10.1. The predicted octanol–water partition coefficient (Wildman–Crippen LogP) is 6.46. The molecular weight excluding hydrogens is 472 g/mol. The lowest BCUT2D eigenvalue weighted by Gasteiger charge is -2.64. The van der Waals surface area contributed by atoms with Crippen LogP contribution >= 0.6 is 0 Å². The molecule has 8 atom stereocenters. The highest BCUT2D eigenvalue weighted by Gasteiger charge is 2.67. The minimum atomic E-state index is -0.612. The monoisotopic (exact) mass is 522 g/mol. The molecule has 5 saturated carbocycles. The lowest BCUT2D eigenvalue weighted by atomic mass is 9.43. The van der Waals surface area contributed by atoms with E-state index in [2.05, 4.69) is 30.6 Å². The molecule has 6 aliphatic rings. The fourth-order valence-electron chi connectivity index (χ4n) is 10.6. The molecule has 0 aromatic carbocycles. The lowest BCUT2D eigenvalue weighted by Crippen LogP contribution is -2.62. The van der Waals surface area contributed by atoms with Gasteiger partial charge >= 0.3 is 6.03 Å². The van der Waals surface area contributed by atoms with Crippen LogP contribution in [0.2, 0.25) is 0 Å². The summed E-state index contributed by atoms with van der Waals surface area (Å²) in [5.74, 6) is 2.76. The second-order valence-corrected chi connectivity index (χ2v) is 14.5. The molecule has 0 bridgehead atoms. The highest BCUT2D eigenvalue weighted by Crippen LogP contribution is 2.69. The van der Waals surface area contributed by atoms with Gasteiger partial charge in [-0.1, -0.05) is 45.3 Å². The first-order valence-electron chi connectivity index (χ1n) is 15.9. The van der Waals surface area contributed by atoms with Gasteiger partial charge in [-0.15, -0.1) is 0 Å². The Kier molecular flexibility index (Phi) is 7.06. The zero-order chi connectivity index (χ0) is 26.5. The summed E-state index contributed by atoms with van der Waals surface area (Å²) in [7, 11) is 0. The van der Waals surface area contributed by atoms with Crippen molar-refractivity contribution in [1.82, 2.24) is 10.6 Å². The van der Waals surface area contributed by atoms with Gasteiger partial charge in [-0.3, -0.25) is 4.79 Å². The van der Waals surface area contributed by atoms with Gasteiger partial charge in [0.2, 0.25) is 0 Å². The molecule has 2 amide bonds. The third-order valence-electron chi connectivity index (χ3n) is 12.9. The summed E-state index contributed by atoms with van der Waals surface area (Å²) in [6.45, 7) is 5.70. The third kappa shape index (κ3) is 4.39. The lowest BCUT2D eigenvalue weighted by molar-refractivity contribution is -0.204. The van der Waals surface area contributed by atoms with E-state index in [-0.39, 0.29) is 28.7 Å². The molecule has 5 fully saturated rings. The molecule has 3 N–H and O–H groups in total. The van der Waals surface area contributed by atoms with Crippen LogP contribution in [0.5, 0.6) is 0 Å². The van der Waals surface area contributed by atoms with Gasteiger partial charge in [0.25, 0.3) is 0 Å². The number of urea groups is 1. The fraction of sp³-hybridized carbons (Fsp3) is 0.818. The van der Waals surface area contributed by atoms with Crippen molar-refractivity contribution < 1.29 is 14.7 Å². The van der Waals surface area contributed by atoms with E-state index in [0.29, 0.717) is 36.0 Å². The number of ketones is 1. The van der Waals surface area contributed by atoms with E-state index in [0.717, 1.165) is 51.5 Å². The van der Waals surface area contributed by atoms with E-state index < -0.39 is 5.60 Å². The number of aliphatic hydroxyl groups is 1. The maximum absolute atomic E-state index is 12.7. The van der Waals surface area contributed by atoms with Crippen molar-refractivity contribution in [1.29, 1.82) is 0 Å². The molecule has 6 rings (SSSR count). The highest BCUT2D eigenvalue weighted by atomic mass is 16.3. The van der Waals surface area contributed by atoms with Crippen molar-refractivity contribution in [2.24, 2.45) is 40.4 Å². The molecular formula is C33H50N2O3. The van der Waals surface area contributed by atoms with Gasteiger partial charge in [0.05, 0.1) is 5.60 Å². The van der Waals surface area contributed by atoms with Crippen LogP contribution in [-0.4, -0.2) is 35.1 Å². The number of carbonyl (C=O) groups excluding carboxylic acids is 2. The van der Waals surface area contributed by atoms with Crippen molar-refractivity contribution in [3.05, 3.63) is 23.8 Å².